The van der Waals surface area contributed by atoms with Gasteiger partial charge in [-0.2, -0.15) is 0 Å². The van der Waals surface area contributed by atoms with Gasteiger partial charge in [0.25, 0.3) is 0 Å². The fourth-order valence-electron chi connectivity index (χ4n) is 3.68. The first-order valence-corrected chi connectivity index (χ1v) is 12.5. The van der Waals surface area contributed by atoms with Crippen molar-refractivity contribution in [3.63, 3.8) is 0 Å². The highest BCUT2D eigenvalue weighted by atomic mass is 32.2. The fourth-order valence-corrected chi connectivity index (χ4v) is 4.77. The Hall–Kier alpha value is -2.81. The molecule has 1 saturated heterocycles. The highest BCUT2D eigenvalue weighted by Crippen LogP contribution is 2.40. The second kappa shape index (κ2) is 9.59. The molecular weight excluding hydrogens is 447 g/mol. The zero-order valence-electron chi connectivity index (χ0n) is 19.7. The summed E-state index contributed by atoms with van der Waals surface area (Å²) in [5.74, 6) is -0.226. The molecule has 2 aromatic rings. The molecule has 0 aliphatic carbocycles. The number of hydrogen-bond acceptors (Lipinski definition) is 6. The summed E-state index contributed by atoms with van der Waals surface area (Å²) in [6.45, 7) is 8.98. The van der Waals surface area contributed by atoms with Crippen molar-refractivity contribution in [2.75, 3.05) is 43.9 Å². The van der Waals surface area contributed by atoms with Gasteiger partial charge in [-0.25, -0.2) is 17.6 Å². The van der Waals surface area contributed by atoms with Crippen LogP contribution in [0.2, 0.25) is 0 Å². The van der Waals surface area contributed by atoms with E-state index in [1.165, 1.54) is 19.2 Å². The zero-order valence-corrected chi connectivity index (χ0v) is 20.5. The average molecular weight is 479 g/mol. The van der Waals surface area contributed by atoms with Gasteiger partial charge in [-0.05, 0) is 50.6 Å². The summed E-state index contributed by atoms with van der Waals surface area (Å²) < 4.78 is 50.3. The third-order valence-corrected chi connectivity index (χ3v) is 7.14. The van der Waals surface area contributed by atoms with Crippen LogP contribution in [-0.2, 0) is 14.6 Å². The number of halogens is 1. The van der Waals surface area contributed by atoms with Crippen molar-refractivity contribution in [1.82, 2.24) is 4.90 Å². The molecule has 0 spiro atoms. The molecule has 0 radical (unpaired) electrons. The molecule has 1 amide bonds. The van der Waals surface area contributed by atoms with Crippen molar-refractivity contribution in [3.8, 4) is 16.9 Å². The topological polar surface area (TPSA) is 76.2 Å². The summed E-state index contributed by atoms with van der Waals surface area (Å²) in [5.41, 5.74) is 1.34. The predicted octanol–water partition coefficient (Wildman–Crippen LogP) is 4.35. The minimum Gasteiger partial charge on any atom is -0.495 e. The van der Waals surface area contributed by atoms with Crippen molar-refractivity contribution >= 4 is 21.6 Å². The molecular formula is C24H31FN2O5S. The van der Waals surface area contributed by atoms with E-state index in [9.17, 15) is 17.6 Å². The Labute approximate surface area is 195 Å². The molecule has 1 fully saturated rings. The highest BCUT2D eigenvalue weighted by molar-refractivity contribution is 7.91. The second-order valence-corrected chi connectivity index (χ2v) is 11.1. The summed E-state index contributed by atoms with van der Waals surface area (Å²) in [6.07, 6.45) is -0.363. The monoisotopic (exact) mass is 478 g/mol. The fraction of sp³-hybridized carbons (Fsp3) is 0.458. The number of carbonyl (C=O) groups is 1. The van der Waals surface area contributed by atoms with Crippen molar-refractivity contribution in [2.45, 2.75) is 38.2 Å². The molecule has 0 saturated carbocycles. The zero-order chi connectivity index (χ0) is 24.4. The largest absolute Gasteiger partial charge is 0.495 e. The van der Waals surface area contributed by atoms with Crippen LogP contribution >= 0.6 is 0 Å². The van der Waals surface area contributed by atoms with E-state index < -0.39 is 15.4 Å². The number of amides is 1. The number of hydrogen-bond donors (Lipinski definition) is 0. The number of rotatable bonds is 5. The maximum Gasteiger partial charge on any atom is 0.410 e. The standard InChI is InChI=1S/C24H31FN2O5S/c1-6-33(29,30)21-16-19(15-20(22(21)31-5)17-7-9-18(25)10-8-17)26-11-13-27(14-12-26)23(28)32-24(2,3)4/h7-10,15-16H,6,11-14H2,1-5H3. The number of ether oxygens (including phenoxy) is 2. The van der Waals surface area contributed by atoms with Gasteiger partial charge in [-0.15, -0.1) is 0 Å². The molecule has 0 atom stereocenters. The minimum atomic E-state index is -3.60. The third-order valence-electron chi connectivity index (χ3n) is 5.41. The van der Waals surface area contributed by atoms with E-state index in [0.717, 1.165) is 0 Å². The van der Waals surface area contributed by atoms with Gasteiger partial charge < -0.3 is 19.3 Å². The molecule has 2 aromatic carbocycles. The van der Waals surface area contributed by atoms with Gasteiger partial charge in [0, 0.05) is 37.4 Å². The van der Waals surface area contributed by atoms with E-state index in [2.05, 4.69) is 0 Å². The van der Waals surface area contributed by atoms with E-state index in [1.807, 2.05) is 31.7 Å². The van der Waals surface area contributed by atoms with E-state index in [-0.39, 0.29) is 28.3 Å². The maximum absolute atomic E-state index is 13.5. The van der Waals surface area contributed by atoms with Crippen molar-refractivity contribution < 1.29 is 27.1 Å². The van der Waals surface area contributed by atoms with Crippen molar-refractivity contribution in [1.29, 1.82) is 0 Å². The van der Waals surface area contributed by atoms with E-state index in [0.29, 0.717) is 43.0 Å². The van der Waals surface area contributed by atoms with Gasteiger partial charge in [-0.3, -0.25) is 0 Å². The summed E-state index contributed by atoms with van der Waals surface area (Å²) in [4.78, 5) is 16.2. The Balaban J connectivity index is 1.98. The Morgan fingerprint density at radius 3 is 2.18 bits per heavy atom. The Kier molecular flexibility index (Phi) is 7.21. The van der Waals surface area contributed by atoms with Crippen LogP contribution in [0.25, 0.3) is 11.1 Å². The van der Waals surface area contributed by atoms with E-state index >= 15 is 0 Å². The molecule has 1 aliphatic heterocycles. The Morgan fingerprint density at radius 2 is 1.67 bits per heavy atom. The number of sulfone groups is 1. The Morgan fingerprint density at radius 1 is 1.06 bits per heavy atom. The van der Waals surface area contributed by atoms with Crippen LogP contribution in [0.3, 0.4) is 0 Å². The lowest BCUT2D eigenvalue weighted by atomic mass is 10.0. The maximum atomic E-state index is 13.5. The molecule has 0 N–H and O–H groups in total. The van der Waals surface area contributed by atoms with Gasteiger partial charge in [0.2, 0.25) is 0 Å². The minimum absolute atomic E-state index is 0.0813. The molecule has 3 rings (SSSR count). The lowest BCUT2D eigenvalue weighted by Crippen LogP contribution is -2.50. The molecule has 33 heavy (non-hydrogen) atoms. The highest BCUT2D eigenvalue weighted by Gasteiger charge is 2.28. The molecule has 7 nitrogen and oxygen atoms in total. The van der Waals surface area contributed by atoms with Gasteiger partial charge in [0.1, 0.15) is 22.1 Å². The molecule has 1 aliphatic rings. The molecule has 1 heterocycles. The van der Waals surface area contributed by atoms with Crippen LogP contribution in [-0.4, -0.2) is 64.1 Å². The summed E-state index contributed by atoms with van der Waals surface area (Å²) >= 11 is 0. The van der Waals surface area contributed by atoms with Crippen molar-refractivity contribution in [3.05, 3.63) is 42.2 Å². The molecule has 0 aromatic heterocycles. The summed E-state index contributed by atoms with van der Waals surface area (Å²) in [5, 5.41) is 0. The predicted molar refractivity (Wildman–Crippen MR) is 126 cm³/mol. The third kappa shape index (κ3) is 5.76. The molecule has 180 valence electrons. The first-order valence-electron chi connectivity index (χ1n) is 10.9. The normalized spacial score (nSPS) is 14.8. The van der Waals surface area contributed by atoms with Crippen LogP contribution < -0.4 is 9.64 Å². The summed E-state index contributed by atoms with van der Waals surface area (Å²) in [6, 6.07) is 9.32. The Bertz CT molecular complexity index is 1100. The first kappa shape index (κ1) is 24.8. The number of methoxy groups -OCH3 is 1. The number of benzene rings is 2. The number of piperazine rings is 1. The lowest BCUT2D eigenvalue weighted by Gasteiger charge is -2.37. The van der Waals surface area contributed by atoms with Crippen LogP contribution in [0.1, 0.15) is 27.7 Å². The van der Waals surface area contributed by atoms with Crippen LogP contribution in [0.5, 0.6) is 5.75 Å². The number of carbonyl (C=O) groups excluding carboxylic acids is 1. The molecule has 0 unspecified atom stereocenters. The average Bonchev–Trinajstić information content (AvgIpc) is 2.77. The van der Waals surface area contributed by atoms with Crippen LogP contribution in [0.15, 0.2) is 41.3 Å². The van der Waals surface area contributed by atoms with E-state index in [1.54, 1.807) is 30.0 Å². The van der Waals surface area contributed by atoms with Gasteiger partial charge in [0.05, 0.1) is 12.9 Å². The summed E-state index contributed by atoms with van der Waals surface area (Å²) in [7, 11) is -2.17. The smallest absolute Gasteiger partial charge is 0.410 e. The SMILES string of the molecule is CCS(=O)(=O)c1cc(N2CCN(C(=O)OC(C)(C)C)CC2)cc(-c2ccc(F)cc2)c1OC. The quantitative estimate of drug-likeness (QED) is 0.636. The van der Waals surface area contributed by atoms with Gasteiger partial charge in [-0.1, -0.05) is 19.1 Å². The van der Waals surface area contributed by atoms with Gasteiger partial charge in [0.15, 0.2) is 9.84 Å². The van der Waals surface area contributed by atoms with Crippen LogP contribution in [0, 0.1) is 5.82 Å². The second-order valence-electron chi connectivity index (χ2n) is 8.89. The molecule has 9 heteroatoms. The van der Waals surface area contributed by atoms with Crippen LogP contribution in [0.4, 0.5) is 14.9 Å². The van der Waals surface area contributed by atoms with E-state index in [4.69, 9.17) is 9.47 Å². The lowest BCUT2D eigenvalue weighted by molar-refractivity contribution is 0.0240. The number of nitrogens with zero attached hydrogens (tertiary/aromatic N) is 2. The van der Waals surface area contributed by atoms with Gasteiger partial charge >= 0.3 is 6.09 Å². The number of anilines is 1. The first-order chi connectivity index (χ1) is 15.4. The molecule has 0 bridgehead atoms. The van der Waals surface area contributed by atoms with Crippen molar-refractivity contribution in [2.24, 2.45) is 0 Å².